The minimum Gasteiger partial charge on any atom is -0.399 e. The zero-order valence-electron chi connectivity index (χ0n) is 8.16. The molecule has 0 amide bonds. The zero-order chi connectivity index (χ0) is 9.52. The van der Waals surface area contributed by atoms with Crippen LogP contribution in [-0.4, -0.2) is 0 Å². The van der Waals surface area contributed by atoms with Gasteiger partial charge in [-0.05, 0) is 24.1 Å². The van der Waals surface area contributed by atoms with E-state index in [2.05, 4.69) is 25.1 Å². The maximum Gasteiger partial charge on any atom is 0.0319 e. The van der Waals surface area contributed by atoms with E-state index >= 15 is 0 Å². The predicted octanol–water partition coefficient (Wildman–Crippen LogP) is 3.47. The number of hydrogen-bond acceptors (Lipinski definition) is 1. The summed E-state index contributed by atoms with van der Waals surface area (Å²) < 4.78 is 0. The topological polar surface area (TPSA) is 26.0 Å². The molecule has 1 aromatic rings. The minimum atomic E-state index is 0.831. The van der Waals surface area contributed by atoms with Crippen molar-refractivity contribution in [1.82, 2.24) is 0 Å². The van der Waals surface area contributed by atoms with Crippen molar-refractivity contribution in [3.63, 3.8) is 0 Å². The molecule has 0 spiro atoms. The van der Waals surface area contributed by atoms with Gasteiger partial charge in [0.25, 0.3) is 0 Å². The smallest absolute Gasteiger partial charge is 0.0319 e. The molecular formula is C12H17N. The Kier molecular flexibility index (Phi) is 4.10. The Balaban J connectivity index is 2.48. The lowest BCUT2D eigenvalue weighted by atomic mass is 10.1. The maximum absolute atomic E-state index is 5.66. The van der Waals surface area contributed by atoms with E-state index < -0.39 is 0 Å². The first-order chi connectivity index (χ1) is 6.33. The number of anilines is 1. The van der Waals surface area contributed by atoms with E-state index in [1.807, 2.05) is 18.2 Å². The molecule has 1 heteroatoms. The van der Waals surface area contributed by atoms with Gasteiger partial charge in [-0.2, -0.15) is 0 Å². The van der Waals surface area contributed by atoms with Gasteiger partial charge in [0.15, 0.2) is 0 Å². The van der Waals surface area contributed by atoms with Crippen molar-refractivity contribution < 1.29 is 0 Å². The molecule has 2 N–H and O–H groups in total. The van der Waals surface area contributed by atoms with Gasteiger partial charge in [0.2, 0.25) is 0 Å². The molecule has 0 aromatic heterocycles. The first-order valence-corrected chi connectivity index (χ1v) is 4.85. The summed E-state index contributed by atoms with van der Waals surface area (Å²) in [7, 11) is 0. The van der Waals surface area contributed by atoms with Crippen LogP contribution in [0.2, 0.25) is 0 Å². The van der Waals surface area contributed by atoms with Crippen LogP contribution in [0.1, 0.15) is 31.7 Å². The van der Waals surface area contributed by atoms with Crippen molar-refractivity contribution >= 4 is 11.8 Å². The van der Waals surface area contributed by atoms with Crippen molar-refractivity contribution in [3.05, 3.63) is 35.9 Å². The lowest BCUT2D eigenvalue weighted by Crippen LogP contribution is -1.83. The number of rotatable bonds is 4. The van der Waals surface area contributed by atoms with E-state index in [4.69, 9.17) is 5.73 Å². The lowest BCUT2D eigenvalue weighted by Gasteiger charge is -1.95. The summed E-state index contributed by atoms with van der Waals surface area (Å²) in [6.45, 7) is 2.20. The average molecular weight is 175 g/mol. The quantitative estimate of drug-likeness (QED) is 0.550. The zero-order valence-corrected chi connectivity index (χ0v) is 8.16. The summed E-state index contributed by atoms with van der Waals surface area (Å²) in [4.78, 5) is 0. The molecule has 0 saturated carbocycles. The SMILES string of the molecule is CCCC/C=C\c1cccc(N)c1. The molecule has 0 unspecified atom stereocenters. The van der Waals surface area contributed by atoms with Gasteiger partial charge in [0.05, 0.1) is 0 Å². The van der Waals surface area contributed by atoms with Gasteiger partial charge < -0.3 is 5.73 Å². The van der Waals surface area contributed by atoms with Gasteiger partial charge in [-0.15, -0.1) is 0 Å². The van der Waals surface area contributed by atoms with Crippen molar-refractivity contribution in [2.45, 2.75) is 26.2 Å². The van der Waals surface area contributed by atoms with E-state index in [1.165, 1.54) is 18.4 Å². The van der Waals surface area contributed by atoms with Gasteiger partial charge in [-0.1, -0.05) is 44.1 Å². The minimum absolute atomic E-state index is 0.831. The fourth-order valence-electron chi connectivity index (χ4n) is 1.20. The first-order valence-electron chi connectivity index (χ1n) is 4.85. The van der Waals surface area contributed by atoms with Gasteiger partial charge in [-0.25, -0.2) is 0 Å². The maximum atomic E-state index is 5.66. The molecule has 0 bridgehead atoms. The highest BCUT2D eigenvalue weighted by Gasteiger charge is 1.86. The number of benzene rings is 1. The standard InChI is InChI=1S/C12H17N/c1-2-3-4-5-7-11-8-6-9-12(13)10-11/h5-10H,2-4,13H2,1H3/b7-5-. The summed E-state index contributed by atoms with van der Waals surface area (Å²) in [5.74, 6) is 0. The van der Waals surface area contributed by atoms with Crippen molar-refractivity contribution in [1.29, 1.82) is 0 Å². The third-order valence-electron chi connectivity index (χ3n) is 1.95. The van der Waals surface area contributed by atoms with E-state index in [0.717, 1.165) is 12.1 Å². The lowest BCUT2D eigenvalue weighted by molar-refractivity contribution is 0.816. The molecule has 0 heterocycles. The monoisotopic (exact) mass is 175 g/mol. The van der Waals surface area contributed by atoms with Crippen LogP contribution in [0.3, 0.4) is 0 Å². The van der Waals surface area contributed by atoms with Gasteiger partial charge in [0, 0.05) is 5.69 Å². The molecule has 0 atom stereocenters. The Bertz CT molecular complexity index is 276. The van der Waals surface area contributed by atoms with E-state index in [-0.39, 0.29) is 0 Å². The Hall–Kier alpha value is -1.24. The molecule has 1 nitrogen and oxygen atoms in total. The van der Waals surface area contributed by atoms with Crippen LogP contribution in [0.15, 0.2) is 30.3 Å². The Morgan fingerprint density at radius 2 is 2.23 bits per heavy atom. The van der Waals surface area contributed by atoms with E-state index in [1.54, 1.807) is 0 Å². The van der Waals surface area contributed by atoms with E-state index in [9.17, 15) is 0 Å². The predicted molar refractivity (Wildman–Crippen MR) is 59.4 cm³/mol. The molecule has 0 aliphatic rings. The summed E-state index contributed by atoms with van der Waals surface area (Å²) >= 11 is 0. The molecule has 0 aliphatic carbocycles. The molecule has 0 radical (unpaired) electrons. The number of unbranched alkanes of at least 4 members (excludes halogenated alkanes) is 2. The van der Waals surface area contributed by atoms with Crippen LogP contribution < -0.4 is 5.73 Å². The molecular weight excluding hydrogens is 158 g/mol. The Labute approximate surface area is 80.3 Å². The van der Waals surface area contributed by atoms with Crippen LogP contribution in [0.5, 0.6) is 0 Å². The summed E-state index contributed by atoms with van der Waals surface area (Å²) in [6.07, 6.45) is 8.01. The van der Waals surface area contributed by atoms with Gasteiger partial charge in [-0.3, -0.25) is 0 Å². The van der Waals surface area contributed by atoms with Crippen LogP contribution in [0, 0.1) is 0 Å². The van der Waals surface area contributed by atoms with Gasteiger partial charge in [0.1, 0.15) is 0 Å². The van der Waals surface area contributed by atoms with Gasteiger partial charge >= 0.3 is 0 Å². The average Bonchev–Trinajstić information content (AvgIpc) is 2.13. The first kappa shape index (κ1) is 9.85. The summed E-state index contributed by atoms with van der Waals surface area (Å²) in [5, 5.41) is 0. The second-order valence-electron chi connectivity index (χ2n) is 3.21. The molecule has 70 valence electrons. The normalized spacial score (nSPS) is 10.8. The van der Waals surface area contributed by atoms with E-state index in [0.29, 0.717) is 0 Å². The highest BCUT2D eigenvalue weighted by atomic mass is 14.5. The molecule has 0 fully saturated rings. The third-order valence-corrected chi connectivity index (χ3v) is 1.95. The second kappa shape index (κ2) is 5.41. The fourth-order valence-corrected chi connectivity index (χ4v) is 1.20. The Morgan fingerprint density at radius 1 is 1.38 bits per heavy atom. The summed E-state index contributed by atoms with van der Waals surface area (Å²) in [5.41, 5.74) is 7.68. The third kappa shape index (κ3) is 3.79. The van der Waals surface area contributed by atoms with Crippen molar-refractivity contribution in [2.24, 2.45) is 0 Å². The number of hydrogen-bond donors (Lipinski definition) is 1. The molecule has 13 heavy (non-hydrogen) atoms. The fraction of sp³-hybridized carbons (Fsp3) is 0.333. The molecule has 1 aromatic carbocycles. The Morgan fingerprint density at radius 3 is 2.92 bits per heavy atom. The van der Waals surface area contributed by atoms with Crippen LogP contribution in [-0.2, 0) is 0 Å². The van der Waals surface area contributed by atoms with Crippen molar-refractivity contribution in [3.8, 4) is 0 Å². The van der Waals surface area contributed by atoms with Crippen molar-refractivity contribution in [2.75, 3.05) is 5.73 Å². The number of allylic oxidation sites excluding steroid dienone is 1. The van der Waals surface area contributed by atoms with Crippen LogP contribution in [0.4, 0.5) is 5.69 Å². The highest BCUT2D eigenvalue weighted by molar-refractivity contribution is 5.55. The second-order valence-corrected chi connectivity index (χ2v) is 3.21. The number of nitrogens with two attached hydrogens (primary N) is 1. The van der Waals surface area contributed by atoms with Crippen LogP contribution in [0.25, 0.3) is 6.08 Å². The summed E-state index contributed by atoms with van der Waals surface area (Å²) in [6, 6.07) is 7.94. The largest absolute Gasteiger partial charge is 0.399 e. The van der Waals surface area contributed by atoms with Crippen LogP contribution >= 0.6 is 0 Å². The highest BCUT2D eigenvalue weighted by Crippen LogP contribution is 2.09. The molecule has 1 rings (SSSR count). The number of nitrogen functional groups attached to an aromatic ring is 1. The molecule has 0 aliphatic heterocycles. The molecule has 0 saturated heterocycles.